The lowest BCUT2D eigenvalue weighted by molar-refractivity contribution is 0.0661. The Balaban J connectivity index is 2.13. The summed E-state index contributed by atoms with van der Waals surface area (Å²) in [5.41, 5.74) is 7.05. The van der Waals surface area contributed by atoms with Crippen LogP contribution in [0, 0.1) is 5.92 Å². The number of benzene rings is 1. The van der Waals surface area contributed by atoms with Crippen LogP contribution in [0.4, 0.5) is 5.69 Å². The molecule has 0 saturated carbocycles. The van der Waals surface area contributed by atoms with E-state index in [9.17, 15) is 10.2 Å². The van der Waals surface area contributed by atoms with Gasteiger partial charge in [-0.2, -0.15) is 0 Å². The van der Waals surface area contributed by atoms with Crippen LogP contribution >= 0.6 is 0 Å². The van der Waals surface area contributed by atoms with Gasteiger partial charge in [-0.15, -0.1) is 0 Å². The van der Waals surface area contributed by atoms with E-state index in [1.54, 1.807) is 18.2 Å². The molecule has 1 heterocycles. The lowest BCUT2D eigenvalue weighted by atomic mass is 9.87. The number of nitrogens with zero attached hydrogens (tertiary/aromatic N) is 1. The van der Waals surface area contributed by atoms with Crippen LogP contribution in [0.2, 0.25) is 0 Å². The van der Waals surface area contributed by atoms with Crippen molar-refractivity contribution >= 4 is 5.69 Å². The molecule has 94 valence electrons. The molecule has 17 heavy (non-hydrogen) atoms. The Bertz CT molecular complexity index is 387. The fraction of sp³-hybridized carbons (Fsp3) is 0.538. The highest BCUT2D eigenvalue weighted by molar-refractivity contribution is 5.51. The molecule has 1 unspecified atom stereocenters. The average molecular weight is 236 g/mol. The van der Waals surface area contributed by atoms with E-state index in [0.717, 1.165) is 25.9 Å². The van der Waals surface area contributed by atoms with Crippen LogP contribution in [-0.4, -0.2) is 35.3 Å². The normalized spacial score (nSPS) is 20.4. The van der Waals surface area contributed by atoms with Gasteiger partial charge in [-0.05, 0) is 57.1 Å². The van der Waals surface area contributed by atoms with Crippen molar-refractivity contribution in [2.24, 2.45) is 5.92 Å². The van der Waals surface area contributed by atoms with Gasteiger partial charge in [0.1, 0.15) is 5.75 Å². The molecule has 0 amide bonds. The third-order valence-corrected chi connectivity index (χ3v) is 3.60. The van der Waals surface area contributed by atoms with Gasteiger partial charge in [0, 0.05) is 11.3 Å². The second-order valence-electron chi connectivity index (χ2n) is 4.90. The van der Waals surface area contributed by atoms with Gasteiger partial charge in [-0.25, -0.2) is 0 Å². The van der Waals surface area contributed by atoms with Gasteiger partial charge >= 0.3 is 0 Å². The Morgan fingerprint density at radius 1 is 1.35 bits per heavy atom. The molecular weight excluding hydrogens is 216 g/mol. The summed E-state index contributed by atoms with van der Waals surface area (Å²) in [4.78, 5) is 2.26. The smallest absolute Gasteiger partial charge is 0.116 e. The van der Waals surface area contributed by atoms with Crippen LogP contribution in [0.25, 0.3) is 0 Å². The van der Waals surface area contributed by atoms with E-state index in [0.29, 0.717) is 11.3 Å². The third-order valence-electron chi connectivity index (χ3n) is 3.60. The molecule has 0 bridgehead atoms. The summed E-state index contributed by atoms with van der Waals surface area (Å²) in [5, 5.41) is 19.8. The molecule has 1 aromatic carbocycles. The van der Waals surface area contributed by atoms with Crippen molar-refractivity contribution in [2.75, 3.05) is 25.9 Å². The van der Waals surface area contributed by atoms with E-state index in [1.807, 2.05) is 0 Å². The number of nitrogen functional groups attached to an aromatic ring is 1. The van der Waals surface area contributed by atoms with Gasteiger partial charge in [0.2, 0.25) is 0 Å². The zero-order valence-corrected chi connectivity index (χ0v) is 10.1. The number of phenols is 1. The van der Waals surface area contributed by atoms with E-state index in [-0.39, 0.29) is 11.7 Å². The number of rotatable bonds is 2. The first kappa shape index (κ1) is 12.2. The van der Waals surface area contributed by atoms with Crippen LogP contribution in [0.3, 0.4) is 0 Å². The number of aliphatic hydroxyl groups is 1. The minimum absolute atomic E-state index is 0.154. The lowest BCUT2D eigenvalue weighted by Gasteiger charge is -2.32. The first-order valence-corrected chi connectivity index (χ1v) is 6.03. The molecule has 1 aliphatic rings. The van der Waals surface area contributed by atoms with Gasteiger partial charge in [0.15, 0.2) is 0 Å². The predicted molar refractivity (Wildman–Crippen MR) is 67.7 cm³/mol. The van der Waals surface area contributed by atoms with Crippen LogP contribution in [0.5, 0.6) is 5.75 Å². The topological polar surface area (TPSA) is 69.7 Å². The van der Waals surface area contributed by atoms with Crippen LogP contribution < -0.4 is 5.73 Å². The van der Waals surface area contributed by atoms with Crippen molar-refractivity contribution < 1.29 is 10.2 Å². The highest BCUT2D eigenvalue weighted by atomic mass is 16.3. The van der Waals surface area contributed by atoms with Crippen molar-refractivity contribution in [1.29, 1.82) is 0 Å². The predicted octanol–water partition coefficient (Wildman–Crippen LogP) is 1.35. The summed E-state index contributed by atoms with van der Waals surface area (Å²) in [7, 11) is 2.09. The molecule has 1 aromatic rings. The van der Waals surface area contributed by atoms with E-state index in [4.69, 9.17) is 5.73 Å². The summed E-state index contributed by atoms with van der Waals surface area (Å²) in [6.07, 6.45) is 1.36. The molecule has 1 fully saturated rings. The number of hydrogen-bond donors (Lipinski definition) is 3. The number of nitrogens with two attached hydrogens (primary N) is 1. The molecule has 0 aliphatic carbocycles. The van der Waals surface area contributed by atoms with Gasteiger partial charge < -0.3 is 20.8 Å². The minimum atomic E-state index is -0.573. The van der Waals surface area contributed by atoms with E-state index >= 15 is 0 Å². The summed E-state index contributed by atoms with van der Waals surface area (Å²) in [5.74, 6) is 0.386. The van der Waals surface area contributed by atoms with Crippen molar-refractivity contribution in [3.8, 4) is 5.75 Å². The Labute approximate surface area is 102 Å². The van der Waals surface area contributed by atoms with Crippen molar-refractivity contribution in [3.05, 3.63) is 23.8 Å². The van der Waals surface area contributed by atoms with Gasteiger partial charge in [0.25, 0.3) is 0 Å². The van der Waals surface area contributed by atoms with Gasteiger partial charge in [0.05, 0.1) is 6.10 Å². The largest absolute Gasteiger partial charge is 0.508 e. The Morgan fingerprint density at radius 3 is 2.65 bits per heavy atom. The Kier molecular flexibility index (Phi) is 3.54. The van der Waals surface area contributed by atoms with Crippen LogP contribution in [0.1, 0.15) is 24.5 Å². The van der Waals surface area contributed by atoms with Gasteiger partial charge in [-0.1, -0.05) is 0 Å². The molecule has 0 aromatic heterocycles. The first-order valence-electron chi connectivity index (χ1n) is 6.03. The summed E-state index contributed by atoms with van der Waals surface area (Å²) in [6.45, 7) is 2.00. The molecule has 0 spiro atoms. The number of likely N-dealkylation sites (tertiary alicyclic amines) is 1. The maximum absolute atomic E-state index is 10.3. The van der Waals surface area contributed by atoms with Crippen molar-refractivity contribution in [1.82, 2.24) is 4.90 Å². The monoisotopic (exact) mass is 236 g/mol. The van der Waals surface area contributed by atoms with E-state index in [1.165, 1.54) is 0 Å². The molecule has 2 rings (SSSR count). The zero-order valence-electron chi connectivity index (χ0n) is 10.1. The van der Waals surface area contributed by atoms with Gasteiger partial charge in [-0.3, -0.25) is 0 Å². The molecule has 4 N–H and O–H groups in total. The SMILES string of the molecule is CN1CCC(C(O)c2cc(O)ccc2N)CC1. The fourth-order valence-corrected chi connectivity index (χ4v) is 2.42. The lowest BCUT2D eigenvalue weighted by Crippen LogP contribution is -2.32. The molecule has 1 saturated heterocycles. The number of aromatic hydroxyl groups is 1. The summed E-state index contributed by atoms with van der Waals surface area (Å²) < 4.78 is 0. The number of hydrogen-bond acceptors (Lipinski definition) is 4. The number of anilines is 1. The van der Waals surface area contributed by atoms with E-state index < -0.39 is 6.10 Å². The Morgan fingerprint density at radius 2 is 2.00 bits per heavy atom. The maximum Gasteiger partial charge on any atom is 0.116 e. The molecule has 4 heteroatoms. The van der Waals surface area contributed by atoms with Crippen molar-refractivity contribution in [3.63, 3.8) is 0 Å². The second-order valence-corrected chi connectivity index (χ2v) is 4.90. The molecule has 4 nitrogen and oxygen atoms in total. The molecular formula is C13H20N2O2. The van der Waals surface area contributed by atoms with Crippen molar-refractivity contribution in [2.45, 2.75) is 18.9 Å². The minimum Gasteiger partial charge on any atom is -0.508 e. The average Bonchev–Trinajstić information content (AvgIpc) is 2.32. The highest BCUT2D eigenvalue weighted by Gasteiger charge is 2.26. The van der Waals surface area contributed by atoms with E-state index in [2.05, 4.69) is 11.9 Å². The maximum atomic E-state index is 10.3. The standard InChI is InChI=1S/C13H20N2O2/c1-15-6-4-9(5-7-15)13(17)11-8-10(16)2-3-12(11)14/h2-3,8-9,13,16-17H,4-7,14H2,1H3. The number of aliphatic hydroxyl groups excluding tert-OH is 1. The number of phenolic OH excluding ortho intramolecular Hbond substituents is 1. The second kappa shape index (κ2) is 4.94. The first-order chi connectivity index (χ1) is 8.08. The van der Waals surface area contributed by atoms with Crippen LogP contribution in [-0.2, 0) is 0 Å². The summed E-state index contributed by atoms with van der Waals surface area (Å²) in [6, 6.07) is 4.75. The summed E-state index contributed by atoms with van der Waals surface area (Å²) >= 11 is 0. The quantitative estimate of drug-likeness (QED) is 0.535. The molecule has 1 atom stereocenters. The fourth-order valence-electron chi connectivity index (χ4n) is 2.42. The number of piperidine rings is 1. The van der Waals surface area contributed by atoms with Crippen LogP contribution in [0.15, 0.2) is 18.2 Å². The highest BCUT2D eigenvalue weighted by Crippen LogP contribution is 2.34. The zero-order chi connectivity index (χ0) is 12.4. The Hall–Kier alpha value is -1.26. The molecule has 1 aliphatic heterocycles. The molecule has 0 radical (unpaired) electrons. The third kappa shape index (κ3) is 2.70.